The number of carbonyl (C=O) groups excluding carboxylic acids is 2. The van der Waals surface area contributed by atoms with Gasteiger partial charge >= 0.3 is 0 Å². The average molecular weight is 538 g/mol. The van der Waals surface area contributed by atoms with E-state index >= 15 is 0 Å². The van der Waals surface area contributed by atoms with E-state index in [1.165, 1.54) is 12.3 Å². The van der Waals surface area contributed by atoms with Crippen LogP contribution in [0.2, 0.25) is 15.1 Å². The maximum Gasteiger partial charge on any atom is 0.289 e. The van der Waals surface area contributed by atoms with Crippen LogP contribution in [0.15, 0.2) is 59.2 Å². The summed E-state index contributed by atoms with van der Waals surface area (Å²) in [6.07, 6.45) is 1.49. The summed E-state index contributed by atoms with van der Waals surface area (Å²) < 4.78 is 5.20. The Bertz CT molecular complexity index is 1230. The molecule has 2 amide bonds. The van der Waals surface area contributed by atoms with Gasteiger partial charge in [-0.05, 0) is 60.7 Å². The molecule has 0 spiro atoms. The summed E-state index contributed by atoms with van der Waals surface area (Å²) in [6.45, 7) is 2.38. The lowest BCUT2D eigenvalue weighted by molar-refractivity contribution is 0.0714. The van der Waals surface area contributed by atoms with Crippen molar-refractivity contribution in [2.24, 2.45) is 0 Å². The summed E-state index contributed by atoms with van der Waals surface area (Å²) in [4.78, 5) is 28.7. The third-order valence-electron chi connectivity index (χ3n) is 5.25. The molecule has 0 radical (unpaired) electrons. The van der Waals surface area contributed by atoms with Gasteiger partial charge in [0.15, 0.2) is 10.9 Å². The Kier molecular flexibility index (Phi) is 7.63. The van der Waals surface area contributed by atoms with Crippen molar-refractivity contribution in [3.8, 4) is 0 Å². The fraction of sp³-hybridized carbons (Fsp3) is 0.174. The zero-order valence-corrected chi connectivity index (χ0v) is 20.8. The number of furan rings is 1. The molecule has 11 heteroatoms. The Morgan fingerprint density at radius 2 is 1.68 bits per heavy atom. The maximum absolute atomic E-state index is 12.4. The van der Waals surface area contributed by atoms with Gasteiger partial charge in [0.2, 0.25) is 0 Å². The normalized spacial score (nSPS) is 13.5. The van der Waals surface area contributed by atoms with Crippen LogP contribution in [0.1, 0.15) is 20.9 Å². The minimum absolute atomic E-state index is 0.116. The predicted molar refractivity (Wildman–Crippen MR) is 138 cm³/mol. The highest BCUT2D eigenvalue weighted by Gasteiger charge is 2.24. The fourth-order valence-electron chi connectivity index (χ4n) is 3.52. The van der Waals surface area contributed by atoms with Crippen LogP contribution in [0, 0.1) is 0 Å². The SMILES string of the molecule is O=C(NC(=S)Nc1ccc(N2CCN(C(=O)c3ccco3)CC2)c(Cl)c1)c1ccc(Cl)c(Cl)c1. The molecule has 2 aromatic carbocycles. The highest BCUT2D eigenvalue weighted by molar-refractivity contribution is 7.80. The molecule has 4 rings (SSSR count). The smallest absolute Gasteiger partial charge is 0.289 e. The standard InChI is InChI=1S/C23H19Cl3N4O3S/c24-16-5-3-14(12-17(16)25)21(31)28-23(34)27-15-4-6-19(18(26)13-15)29-7-9-30(10-8-29)22(32)20-2-1-11-33-20/h1-6,11-13H,7-10H2,(H2,27,28,31,34). The molecule has 2 N–H and O–H groups in total. The molecule has 7 nitrogen and oxygen atoms in total. The lowest BCUT2D eigenvalue weighted by atomic mass is 10.2. The number of anilines is 2. The van der Waals surface area contributed by atoms with E-state index in [0.717, 1.165) is 5.69 Å². The third-order valence-corrected chi connectivity index (χ3v) is 6.50. The number of nitrogens with one attached hydrogen (secondary N) is 2. The van der Waals surface area contributed by atoms with Gasteiger partial charge in [-0.25, -0.2) is 0 Å². The maximum atomic E-state index is 12.4. The number of nitrogens with zero attached hydrogens (tertiary/aromatic N) is 2. The van der Waals surface area contributed by atoms with Crippen molar-refractivity contribution in [2.45, 2.75) is 0 Å². The van der Waals surface area contributed by atoms with Gasteiger partial charge in [0.1, 0.15) is 0 Å². The number of thiocarbonyl (C=S) groups is 1. The summed E-state index contributed by atoms with van der Waals surface area (Å²) >= 11 is 23.6. The molecule has 1 saturated heterocycles. The molecule has 0 atom stereocenters. The number of rotatable bonds is 4. The van der Waals surface area contributed by atoms with Crippen molar-refractivity contribution in [1.29, 1.82) is 0 Å². The van der Waals surface area contributed by atoms with E-state index in [4.69, 9.17) is 51.4 Å². The monoisotopic (exact) mass is 536 g/mol. The molecular formula is C23H19Cl3N4O3S. The molecule has 1 fully saturated rings. The van der Waals surface area contributed by atoms with E-state index in [1.807, 2.05) is 12.1 Å². The van der Waals surface area contributed by atoms with Crippen LogP contribution in [-0.4, -0.2) is 48.0 Å². The topological polar surface area (TPSA) is 77.8 Å². The summed E-state index contributed by atoms with van der Waals surface area (Å²) in [6, 6.07) is 13.3. The fourth-order valence-corrected chi connectivity index (χ4v) is 4.33. The number of hydrogen-bond donors (Lipinski definition) is 2. The zero-order valence-electron chi connectivity index (χ0n) is 17.7. The highest BCUT2D eigenvalue weighted by atomic mass is 35.5. The first-order chi connectivity index (χ1) is 16.3. The van der Waals surface area contributed by atoms with Crippen LogP contribution in [0.3, 0.4) is 0 Å². The van der Waals surface area contributed by atoms with Gasteiger partial charge in [-0.3, -0.25) is 14.9 Å². The molecule has 0 saturated carbocycles. The minimum Gasteiger partial charge on any atom is -0.459 e. The van der Waals surface area contributed by atoms with Crippen molar-refractivity contribution >= 4 is 75.3 Å². The number of halogens is 3. The second-order valence-corrected chi connectivity index (χ2v) is 9.09. The predicted octanol–water partition coefficient (Wildman–Crippen LogP) is 5.33. The van der Waals surface area contributed by atoms with Crippen molar-refractivity contribution in [2.75, 3.05) is 36.4 Å². The van der Waals surface area contributed by atoms with Crippen molar-refractivity contribution < 1.29 is 14.0 Å². The first-order valence-corrected chi connectivity index (χ1v) is 11.8. The first-order valence-electron chi connectivity index (χ1n) is 10.3. The van der Waals surface area contributed by atoms with Gasteiger partial charge in [-0.15, -0.1) is 0 Å². The van der Waals surface area contributed by atoms with Crippen LogP contribution < -0.4 is 15.5 Å². The summed E-state index contributed by atoms with van der Waals surface area (Å²) in [5.41, 5.74) is 1.81. The Labute approximate surface area is 216 Å². The van der Waals surface area contributed by atoms with E-state index in [1.54, 1.807) is 35.2 Å². The number of amides is 2. The number of piperazine rings is 1. The van der Waals surface area contributed by atoms with Crippen LogP contribution in [0.25, 0.3) is 0 Å². The second-order valence-electron chi connectivity index (χ2n) is 7.46. The van der Waals surface area contributed by atoms with Crippen LogP contribution in [0.5, 0.6) is 0 Å². The van der Waals surface area contributed by atoms with Gasteiger partial charge in [0, 0.05) is 37.4 Å². The van der Waals surface area contributed by atoms with Gasteiger partial charge in [-0.2, -0.15) is 0 Å². The van der Waals surface area contributed by atoms with Crippen LogP contribution >= 0.6 is 47.0 Å². The molecule has 3 aromatic rings. The van der Waals surface area contributed by atoms with E-state index in [-0.39, 0.29) is 16.0 Å². The van der Waals surface area contributed by atoms with Crippen molar-refractivity contribution in [1.82, 2.24) is 10.2 Å². The largest absolute Gasteiger partial charge is 0.459 e. The second kappa shape index (κ2) is 10.7. The molecule has 1 aliphatic heterocycles. The Morgan fingerprint density at radius 1 is 0.912 bits per heavy atom. The lowest BCUT2D eigenvalue weighted by Gasteiger charge is -2.36. The Hall–Kier alpha value is -2.78. The van der Waals surface area contributed by atoms with E-state index in [9.17, 15) is 9.59 Å². The third kappa shape index (κ3) is 5.64. The molecule has 176 valence electrons. The zero-order chi connectivity index (χ0) is 24.2. The van der Waals surface area contributed by atoms with E-state index in [0.29, 0.717) is 53.2 Å². The molecule has 34 heavy (non-hydrogen) atoms. The van der Waals surface area contributed by atoms with Gasteiger partial charge in [-0.1, -0.05) is 34.8 Å². The molecule has 1 aromatic heterocycles. The van der Waals surface area contributed by atoms with Crippen LogP contribution in [0.4, 0.5) is 11.4 Å². The van der Waals surface area contributed by atoms with Gasteiger partial charge in [0.25, 0.3) is 11.8 Å². The molecule has 0 aliphatic carbocycles. The number of benzene rings is 2. The highest BCUT2D eigenvalue weighted by Crippen LogP contribution is 2.30. The Morgan fingerprint density at radius 3 is 2.32 bits per heavy atom. The molecule has 1 aliphatic rings. The number of carbonyl (C=O) groups is 2. The van der Waals surface area contributed by atoms with Gasteiger partial charge in [0.05, 0.1) is 27.0 Å². The minimum atomic E-state index is -0.416. The Balaban J connectivity index is 1.33. The summed E-state index contributed by atoms with van der Waals surface area (Å²) in [5.74, 6) is -0.198. The summed E-state index contributed by atoms with van der Waals surface area (Å²) in [5, 5.41) is 6.83. The van der Waals surface area contributed by atoms with E-state index < -0.39 is 5.91 Å². The van der Waals surface area contributed by atoms with Gasteiger partial charge < -0.3 is 19.5 Å². The molecule has 2 heterocycles. The summed E-state index contributed by atoms with van der Waals surface area (Å²) in [7, 11) is 0. The molecule has 0 unspecified atom stereocenters. The van der Waals surface area contributed by atoms with E-state index in [2.05, 4.69) is 15.5 Å². The quantitative estimate of drug-likeness (QED) is 0.438. The molecule has 0 bridgehead atoms. The first kappa shape index (κ1) is 24.3. The lowest BCUT2D eigenvalue weighted by Crippen LogP contribution is -2.48. The van der Waals surface area contributed by atoms with Crippen LogP contribution in [-0.2, 0) is 0 Å². The number of hydrogen-bond acceptors (Lipinski definition) is 5. The van der Waals surface area contributed by atoms with Crippen molar-refractivity contribution in [3.63, 3.8) is 0 Å². The average Bonchev–Trinajstić information content (AvgIpc) is 3.35. The van der Waals surface area contributed by atoms with Crippen molar-refractivity contribution in [3.05, 3.63) is 81.2 Å². The molecular weight excluding hydrogens is 519 g/mol.